The molecule has 0 spiro atoms. The quantitative estimate of drug-likeness (QED) is 0.344. The number of halogens is 1. The van der Waals surface area contributed by atoms with Crippen LogP contribution in [0.5, 0.6) is 0 Å². The Labute approximate surface area is 156 Å². The summed E-state index contributed by atoms with van der Waals surface area (Å²) in [5, 5.41) is 0. The van der Waals surface area contributed by atoms with E-state index >= 15 is 0 Å². The van der Waals surface area contributed by atoms with Gasteiger partial charge < -0.3 is 11.6 Å². The summed E-state index contributed by atoms with van der Waals surface area (Å²) in [7, 11) is -1.17. The number of hydrogen-bond donors (Lipinski definition) is 0. The molecule has 0 saturated carbocycles. The zero-order chi connectivity index (χ0) is 15.5. The SMILES string of the molecule is CCCCCCCCCC[C-](Cl)[S@@](=O)c1ccc(C)cc1.[Li+]. The summed E-state index contributed by atoms with van der Waals surface area (Å²) in [5.41, 5.74) is 1.18. The number of unbranched alkanes of at least 4 members (excludes halogenated alkanes) is 7. The molecule has 1 rings (SSSR count). The zero-order valence-corrected chi connectivity index (χ0v) is 15.9. The van der Waals surface area contributed by atoms with E-state index in [1.807, 2.05) is 31.2 Å². The second-order valence-corrected chi connectivity index (χ2v) is 7.84. The molecule has 0 aliphatic rings. The van der Waals surface area contributed by atoms with Gasteiger partial charge in [-0.2, -0.15) is 6.42 Å². The summed E-state index contributed by atoms with van der Waals surface area (Å²) in [6.45, 7) is 4.27. The second-order valence-electron chi connectivity index (χ2n) is 5.66. The topological polar surface area (TPSA) is 17.1 Å². The Bertz CT molecular complexity index is 408. The normalized spacial score (nSPS) is 12.2. The van der Waals surface area contributed by atoms with Gasteiger partial charge in [0.25, 0.3) is 0 Å². The van der Waals surface area contributed by atoms with Gasteiger partial charge in [-0.05, 0) is 19.1 Å². The van der Waals surface area contributed by atoms with Gasteiger partial charge in [-0.3, -0.25) is 4.21 Å². The first-order valence-electron chi connectivity index (χ1n) is 8.15. The van der Waals surface area contributed by atoms with Gasteiger partial charge in [0, 0.05) is 4.90 Å². The molecule has 4 heteroatoms. The molecule has 0 heterocycles. The Hall–Kier alpha value is 0.257. The van der Waals surface area contributed by atoms with Crippen LogP contribution in [0.25, 0.3) is 0 Å². The molecule has 1 atom stereocenters. The third-order valence-electron chi connectivity index (χ3n) is 3.66. The third kappa shape index (κ3) is 9.41. The van der Waals surface area contributed by atoms with Gasteiger partial charge in [-0.1, -0.05) is 86.8 Å². The predicted octanol–water partition coefficient (Wildman–Crippen LogP) is 3.37. The van der Waals surface area contributed by atoms with E-state index in [0.29, 0.717) is 4.71 Å². The van der Waals surface area contributed by atoms with Crippen molar-refractivity contribution in [1.82, 2.24) is 0 Å². The summed E-state index contributed by atoms with van der Waals surface area (Å²) >= 11 is 6.20. The van der Waals surface area contributed by atoms with Crippen molar-refractivity contribution >= 4 is 22.4 Å². The fourth-order valence-corrected chi connectivity index (χ4v) is 3.65. The van der Waals surface area contributed by atoms with Crippen molar-refractivity contribution in [1.29, 1.82) is 0 Å². The third-order valence-corrected chi connectivity index (χ3v) is 5.58. The summed E-state index contributed by atoms with van der Waals surface area (Å²) in [5.74, 6) is 0. The first kappa shape index (κ1) is 22.3. The fourth-order valence-electron chi connectivity index (χ4n) is 2.28. The fraction of sp³-hybridized carbons (Fsp3) is 0.611. The van der Waals surface area contributed by atoms with Crippen LogP contribution in [0.4, 0.5) is 0 Å². The maximum Gasteiger partial charge on any atom is 1.00 e. The van der Waals surface area contributed by atoms with E-state index in [1.54, 1.807) is 0 Å². The Kier molecular flexibility index (Phi) is 13.8. The summed E-state index contributed by atoms with van der Waals surface area (Å²) in [4.78, 5) is 0.810. The van der Waals surface area contributed by atoms with Crippen LogP contribution in [0.1, 0.15) is 70.3 Å². The molecule has 1 aromatic carbocycles. The van der Waals surface area contributed by atoms with Crippen LogP contribution in [-0.4, -0.2) is 4.21 Å². The van der Waals surface area contributed by atoms with Crippen molar-refractivity contribution in [2.45, 2.75) is 76.5 Å². The Morgan fingerprint density at radius 2 is 1.45 bits per heavy atom. The van der Waals surface area contributed by atoms with Crippen LogP contribution in [0.3, 0.4) is 0 Å². The van der Waals surface area contributed by atoms with Crippen molar-refractivity contribution in [2.24, 2.45) is 0 Å². The van der Waals surface area contributed by atoms with E-state index in [4.69, 9.17) is 11.6 Å². The van der Waals surface area contributed by atoms with Crippen LogP contribution in [0.2, 0.25) is 0 Å². The molecule has 0 unspecified atom stereocenters. The van der Waals surface area contributed by atoms with Crippen LogP contribution in [0, 0.1) is 11.6 Å². The number of rotatable bonds is 11. The van der Waals surface area contributed by atoms with Gasteiger partial charge in [-0.25, -0.2) is 0 Å². The van der Waals surface area contributed by atoms with Crippen molar-refractivity contribution in [2.75, 3.05) is 0 Å². The van der Waals surface area contributed by atoms with Crippen molar-refractivity contribution in [3.05, 3.63) is 34.5 Å². The Balaban J connectivity index is 0.00000441. The molecule has 120 valence electrons. The zero-order valence-electron chi connectivity index (χ0n) is 14.4. The molecule has 0 saturated heterocycles. The van der Waals surface area contributed by atoms with E-state index in [-0.39, 0.29) is 18.9 Å². The standard InChI is InChI=1S/C18H28ClOS.Li/c1-3-4-5-6-7-8-9-10-11-18(19)21(20)17-14-12-16(2)13-15-17;/h12-15H,3-11H2,1-2H3;/q-1;+1/t21-;/m0./s1. The van der Waals surface area contributed by atoms with Gasteiger partial charge in [0.2, 0.25) is 0 Å². The van der Waals surface area contributed by atoms with E-state index in [1.165, 1.54) is 50.5 Å². The molecule has 0 bridgehead atoms. The smallest absolute Gasteiger partial charge is 0.332 e. The average molecular weight is 335 g/mol. The van der Waals surface area contributed by atoms with E-state index < -0.39 is 10.8 Å². The molecule has 0 amide bonds. The van der Waals surface area contributed by atoms with Crippen LogP contribution < -0.4 is 18.9 Å². The first-order valence-corrected chi connectivity index (χ1v) is 9.67. The molecule has 1 aromatic rings. The van der Waals surface area contributed by atoms with E-state index in [9.17, 15) is 4.21 Å². The number of hydrogen-bond acceptors (Lipinski definition) is 1. The minimum atomic E-state index is -1.17. The van der Waals surface area contributed by atoms with Gasteiger partial charge in [-0.15, -0.1) is 4.71 Å². The summed E-state index contributed by atoms with van der Waals surface area (Å²) < 4.78 is 12.8. The minimum absolute atomic E-state index is 0. The molecular formula is C18H28ClLiOS. The molecule has 0 aliphatic carbocycles. The second kappa shape index (κ2) is 13.7. The molecular weight excluding hydrogens is 307 g/mol. The number of benzene rings is 1. The van der Waals surface area contributed by atoms with Gasteiger partial charge in [0.05, 0.1) is 0 Å². The van der Waals surface area contributed by atoms with Gasteiger partial charge >= 0.3 is 18.9 Å². The van der Waals surface area contributed by atoms with Crippen molar-refractivity contribution in [3.63, 3.8) is 0 Å². The average Bonchev–Trinajstić information content (AvgIpc) is 2.49. The predicted molar refractivity (Wildman–Crippen MR) is 93.9 cm³/mol. The Morgan fingerprint density at radius 3 is 2.00 bits per heavy atom. The molecule has 0 N–H and O–H groups in total. The maximum atomic E-state index is 12.2. The molecule has 0 aromatic heterocycles. The monoisotopic (exact) mass is 334 g/mol. The summed E-state index contributed by atoms with van der Waals surface area (Å²) in [6, 6.07) is 7.77. The van der Waals surface area contributed by atoms with Crippen LogP contribution in [-0.2, 0) is 10.8 Å². The first-order chi connectivity index (χ1) is 10.1. The largest absolute Gasteiger partial charge is 1.00 e. The maximum absolute atomic E-state index is 12.2. The van der Waals surface area contributed by atoms with E-state index in [2.05, 4.69) is 6.92 Å². The van der Waals surface area contributed by atoms with Gasteiger partial charge in [0.1, 0.15) is 0 Å². The van der Waals surface area contributed by atoms with Crippen molar-refractivity contribution < 1.29 is 23.1 Å². The molecule has 0 aliphatic heterocycles. The van der Waals surface area contributed by atoms with E-state index in [0.717, 1.165) is 17.7 Å². The minimum Gasteiger partial charge on any atom is -0.332 e. The van der Waals surface area contributed by atoms with Crippen LogP contribution >= 0.6 is 11.6 Å². The number of aryl methyl sites for hydroxylation is 1. The summed E-state index contributed by atoms with van der Waals surface area (Å²) in [6.07, 6.45) is 10.9. The molecule has 0 radical (unpaired) electrons. The molecule has 0 fully saturated rings. The van der Waals surface area contributed by atoms with Gasteiger partial charge in [0.15, 0.2) is 0 Å². The van der Waals surface area contributed by atoms with Crippen LogP contribution in [0.15, 0.2) is 29.2 Å². The van der Waals surface area contributed by atoms with Crippen molar-refractivity contribution in [3.8, 4) is 0 Å². The molecule has 22 heavy (non-hydrogen) atoms. The Morgan fingerprint density at radius 1 is 0.955 bits per heavy atom. The molecule has 1 nitrogen and oxygen atoms in total.